The van der Waals surface area contributed by atoms with Crippen LogP contribution in [0.2, 0.25) is 0 Å². The molecule has 1 aliphatic rings. The monoisotopic (exact) mass is 271 g/mol. The third kappa shape index (κ3) is 2.47. The fraction of sp³-hybridized carbons (Fsp3) is 0.545. The van der Waals surface area contributed by atoms with E-state index in [0.29, 0.717) is 25.2 Å². The minimum atomic E-state index is -3.59. The highest BCUT2D eigenvalue weighted by Crippen LogP contribution is 2.24. The summed E-state index contributed by atoms with van der Waals surface area (Å²) in [7, 11) is -1.96. The average Bonchev–Trinajstić information content (AvgIpc) is 2.38. The summed E-state index contributed by atoms with van der Waals surface area (Å²) in [5, 5.41) is 12.4. The van der Waals surface area contributed by atoms with Crippen molar-refractivity contribution >= 4 is 15.8 Å². The lowest BCUT2D eigenvalue weighted by Gasteiger charge is -2.29. The Morgan fingerprint density at radius 2 is 2.33 bits per heavy atom. The lowest BCUT2D eigenvalue weighted by Crippen LogP contribution is -2.42. The summed E-state index contributed by atoms with van der Waals surface area (Å²) in [5.41, 5.74) is 0. The van der Waals surface area contributed by atoms with Crippen LogP contribution in [0.15, 0.2) is 23.2 Å². The summed E-state index contributed by atoms with van der Waals surface area (Å²) in [5.74, 6) is 0.331. The van der Waals surface area contributed by atoms with Crippen LogP contribution in [0.4, 0.5) is 5.82 Å². The molecule has 0 aliphatic carbocycles. The van der Waals surface area contributed by atoms with Gasteiger partial charge in [0.1, 0.15) is 10.7 Å². The molecule has 0 spiro atoms. The molecule has 2 rings (SSSR count). The molecule has 2 heterocycles. The van der Waals surface area contributed by atoms with Gasteiger partial charge in [-0.25, -0.2) is 13.4 Å². The fourth-order valence-electron chi connectivity index (χ4n) is 2.06. The van der Waals surface area contributed by atoms with E-state index in [9.17, 15) is 13.5 Å². The second-order valence-electron chi connectivity index (χ2n) is 4.26. The zero-order chi connectivity index (χ0) is 13.2. The molecule has 100 valence electrons. The summed E-state index contributed by atoms with van der Waals surface area (Å²) in [6.07, 6.45) is 2.28. The molecule has 0 aromatic carbocycles. The Morgan fingerprint density at radius 3 is 3.00 bits per heavy atom. The number of β-amino-alcohol motifs (C(OH)–C–C–N with tert-alkyl or cyclic N) is 1. The molecule has 0 bridgehead atoms. The first kappa shape index (κ1) is 13.3. The van der Waals surface area contributed by atoms with E-state index in [4.69, 9.17) is 0 Å². The standard InChI is InChI=1S/C11H17N3O3S/c1-12-11-10(5-2-6-13-11)18(16,17)14-7-3-4-9(15)8-14/h2,5-6,9,15H,3-4,7-8H2,1H3,(H,12,13). The zero-order valence-corrected chi connectivity index (χ0v) is 11.0. The van der Waals surface area contributed by atoms with Gasteiger partial charge in [-0.1, -0.05) is 0 Å². The van der Waals surface area contributed by atoms with E-state index in [1.807, 2.05) is 0 Å². The fourth-order valence-corrected chi connectivity index (χ4v) is 3.73. The average molecular weight is 271 g/mol. The molecule has 0 amide bonds. The van der Waals surface area contributed by atoms with E-state index in [2.05, 4.69) is 10.3 Å². The largest absolute Gasteiger partial charge is 0.392 e. The van der Waals surface area contributed by atoms with E-state index in [1.54, 1.807) is 13.1 Å². The van der Waals surface area contributed by atoms with Crippen LogP contribution >= 0.6 is 0 Å². The molecular weight excluding hydrogens is 254 g/mol. The number of hydrogen-bond acceptors (Lipinski definition) is 5. The smallest absolute Gasteiger partial charge is 0.246 e. The maximum Gasteiger partial charge on any atom is 0.246 e. The van der Waals surface area contributed by atoms with Crippen LogP contribution in [-0.4, -0.2) is 49.1 Å². The number of aromatic nitrogens is 1. The van der Waals surface area contributed by atoms with E-state index < -0.39 is 16.1 Å². The summed E-state index contributed by atoms with van der Waals surface area (Å²) in [6.45, 7) is 0.595. The molecule has 1 aliphatic heterocycles. The van der Waals surface area contributed by atoms with Gasteiger partial charge in [-0.2, -0.15) is 4.31 Å². The van der Waals surface area contributed by atoms with Gasteiger partial charge in [0.05, 0.1) is 6.10 Å². The topological polar surface area (TPSA) is 82.5 Å². The molecule has 0 saturated carbocycles. The number of rotatable bonds is 3. The highest BCUT2D eigenvalue weighted by molar-refractivity contribution is 7.89. The van der Waals surface area contributed by atoms with Gasteiger partial charge in [0.15, 0.2) is 0 Å². The van der Waals surface area contributed by atoms with Gasteiger partial charge in [0, 0.05) is 26.3 Å². The number of nitrogens with one attached hydrogen (secondary N) is 1. The molecule has 1 saturated heterocycles. The number of nitrogens with zero attached hydrogens (tertiary/aromatic N) is 2. The van der Waals surface area contributed by atoms with Crippen LogP contribution in [0.25, 0.3) is 0 Å². The SMILES string of the molecule is CNc1ncccc1S(=O)(=O)N1CCCC(O)C1. The molecule has 1 fully saturated rings. The number of pyridine rings is 1. The molecule has 7 heteroatoms. The van der Waals surface area contributed by atoms with E-state index in [0.717, 1.165) is 0 Å². The summed E-state index contributed by atoms with van der Waals surface area (Å²) >= 11 is 0. The third-order valence-electron chi connectivity index (χ3n) is 2.98. The number of aliphatic hydroxyl groups is 1. The highest BCUT2D eigenvalue weighted by Gasteiger charge is 2.31. The van der Waals surface area contributed by atoms with E-state index in [1.165, 1.54) is 16.6 Å². The van der Waals surface area contributed by atoms with Crippen LogP contribution in [-0.2, 0) is 10.0 Å². The predicted molar refractivity (Wildman–Crippen MR) is 67.8 cm³/mol. The summed E-state index contributed by atoms with van der Waals surface area (Å²) < 4.78 is 26.2. The van der Waals surface area contributed by atoms with Crippen molar-refractivity contribution in [2.45, 2.75) is 23.8 Å². The molecular formula is C11H17N3O3S. The number of piperidine rings is 1. The van der Waals surface area contributed by atoms with E-state index in [-0.39, 0.29) is 11.4 Å². The van der Waals surface area contributed by atoms with Gasteiger partial charge in [-0.3, -0.25) is 0 Å². The predicted octanol–water partition coefficient (Wildman–Crippen LogP) is 0.269. The highest BCUT2D eigenvalue weighted by atomic mass is 32.2. The molecule has 1 aromatic heterocycles. The minimum Gasteiger partial charge on any atom is -0.392 e. The Hall–Kier alpha value is -1.18. The zero-order valence-electron chi connectivity index (χ0n) is 10.2. The Kier molecular flexibility index (Phi) is 3.84. The lowest BCUT2D eigenvalue weighted by atomic mass is 10.1. The number of aliphatic hydroxyl groups excluding tert-OH is 1. The second-order valence-corrected chi connectivity index (χ2v) is 6.17. The maximum atomic E-state index is 12.4. The van der Waals surface area contributed by atoms with Crippen molar-refractivity contribution < 1.29 is 13.5 Å². The van der Waals surface area contributed by atoms with Crippen molar-refractivity contribution in [1.29, 1.82) is 0 Å². The van der Waals surface area contributed by atoms with Crippen molar-refractivity contribution in [3.8, 4) is 0 Å². The Balaban J connectivity index is 2.35. The molecule has 6 nitrogen and oxygen atoms in total. The number of hydrogen-bond donors (Lipinski definition) is 2. The first-order valence-corrected chi connectivity index (χ1v) is 7.30. The number of anilines is 1. The molecule has 2 N–H and O–H groups in total. The van der Waals surface area contributed by atoms with Gasteiger partial charge < -0.3 is 10.4 Å². The second kappa shape index (κ2) is 5.21. The van der Waals surface area contributed by atoms with Gasteiger partial charge in [0.2, 0.25) is 10.0 Å². The Morgan fingerprint density at radius 1 is 1.56 bits per heavy atom. The van der Waals surface area contributed by atoms with Crippen LogP contribution in [0.1, 0.15) is 12.8 Å². The minimum absolute atomic E-state index is 0.153. The Labute approximate surface area is 107 Å². The third-order valence-corrected chi connectivity index (χ3v) is 4.88. The van der Waals surface area contributed by atoms with Gasteiger partial charge in [-0.15, -0.1) is 0 Å². The van der Waals surface area contributed by atoms with Crippen LogP contribution in [0, 0.1) is 0 Å². The van der Waals surface area contributed by atoms with Gasteiger partial charge in [0.25, 0.3) is 0 Å². The molecule has 1 unspecified atom stereocenters. The summed E-state index contributed by atoms with van der Waals surface area (Å²) in [4.78, 5) is 4.15. The molecule has 18 heavy (non-hydrogen) atoms. The van der Waals surface area contributed by atoms with Crippen LogP contribution < -0.4 is 5.32 Å². The number of sulfonamides is 1. The normalized spacial score (nSPS) is 21.8. The van der Waals surface area contributed by atoms with Crippen molar-refractivity contribution in [1.82, 2.24) is 9.29 Å². The quantitative estimate of drug-likeness (QED) is 0.824. The Bertz CT molecular complexity index is 518. The first-order valence-electron chi connectivity index (χ1n) is 5.86. The van der Waals surface area contributed by atoms with Crippen molar-refractivity contribution in [3.05, 3.63) is 18.3 Å². The van der Waals surface area contributed by atoms with Crippen molar-refractivity contribution in [3.63, 3.8) is 0 Å². The van der Waals surface area contributed by atoms with Gasteiger partial charge >= 0.3 is 0 Å². The molecule has 1 aromatic rings. The summed E-state index contributed by atoms with van der Waals surface area (Å²) in [6, 6.07) is 3.11. The van der Waals surface area contributed by atoms with Crippen LogP contribution in [0.3, 0.4) is 0 Å². The van der Waals surface area contributed by atoms with Crippen molar-refractivity contribution in [2.75, 3.05) is 25.5 Å². The molecule has 0 radical (unpaired) electrons. The maximum absolute atomic E-state index is 12.4. The van der Waals surface area contributed by atoms with Gasteiger partial charge in [-0.05, 0) is 25.0 Å². The molecule has 1 atom stereocenters. The van der Waals surface area contributed by atoms with Crippen molar-refractivity contribution in [2.24, 2.45) is 0 Å². The van der Waals surface area contributed by atoms with E-state index >= 15 is 0 Å². The first-order chi connectivity index (χ1) is 8.55. The van der Waals surface area contributed by atoms with Crippen LogP contribution in [0.5, 0.6) is 0 Å². The lowest BCUT2D eigenvalue weighted by molar-refractivity contribution is 0.108.